The van der Waals surface area contributed by atoms with Crippen molar-refractivity contribution in [3.8, 4) is 0 Å². The lowest BCUT2D eigenvalue weighted by Gasteiger charge is -2.25. The van der Waals surface area contributed by atoms with Crippen LogP contribution in [0.25, 0.3) is 0 Å². The standard InChI is InChI=1S/C20H19NO7/c1-26-19(22)17-16(12-28-20(17)23)18(27-11-13-5-3-2-4-6-13)14-7-9-15(10-8-14)21(24)25/h2-10,16-18H,11-12H2,1H3/t16-,17-,18-/m0/s1. The summed E-state index contributed by atoms with van der Waals surface area (Å²) < 4.78 is 15.9. The second-order valence-corrected chi connectivity index (χ2v) is 6.36. The molecule has 146 valence electrons. The number of hydrogen-bond donors (Lipinski definition) is 0. The Morgan fingerprint density at radius 1 is 1.21 bits per heavy atom. The molecule has 8 heteroatoms. The van der Waals surface area contributed by atoms with Crippen molar-refractivity contribution in [1.29, 1.82) is 0 Å². The van der Waals surface area contributed by atoms with Crippen LogP contribution in [0.5, 0.6) is 0 Å². The molecule has 1 saturated heterocycles. The zero-order chi connectivity index (χ0) is 20.1. The Labute approximate surface area is 161 Å². The van der Waals surface area contributed by atoms with Crippen LogP contribution in [-0.4, -0.2) is 30.6 Å². The first-order chi connectivity index (χ1) is 13.5. The van der Waals surface area contributed by atoms with Gasteiger partial charge in [-0.25, -0.2) is 0 Å². The molecule has 0 spiro atoms. The van der Waals surface area contributed by atoms with Crippen molar-refractivity contribution in [3.05, 3.63) is 75.8 Å². The van der Waals surface area contributed by atoms with E-state index in [1.54, 1.807) is 12.1 Å². The minimum absolute atomic E-state index is 0.00492. The van der Waals surface area contributed by atoms with Crippen LogP contribution in [-0.2, 0) is 30.4 Å². The van der Waals surface area contributed by atoms with Gasteiger partial charge in [0.25, 0.3) is 5.69 Å². The van der Waals surface area contributed by atoms with Crippen LogP contribution in [0.4, 0.5) is 5.69 Å². The van der Waals surface area contributed by atoms with Gasteiger partial charge in [0, 0.05) is 18.1 Å². The van der Waals surface area contributed by atoms with Crippen molar-refractivity contribution < 1.29 is 28.7 Å². The Balaban J connectivity index is 1.90. The molecule has 2 aromatic rings. The molecule has 8 nitrogen and oxygen atoms in total. The second-order valence-electron chi connectivity index (χ2n) is 6.36. The number of cyclic esters (lactones) is 1. The highest BCUT2D eigenvalue weighted by Gasteiger charge is 2.48. The smallest absolute Gasteiger partial charge is 0.320 e. The molecule has 0 bridgehead atoms. The molecule has 2 aromatic carbocycles. The van der Waals surface area contributed by atoms with Crippen LogP contribution < -0.4 is 0 Å². The second kappa shape index (κ2) is 8.62. The number of hydrogen-bond acceptors (Lipinski definition) is 7. The first-order valence-corrected chi connectivity index (χ1v) is 8.65. The Kier molecular flexibility index (Phi) is 6.00. The summed E-state index contributed by atoms with van der Waals surface area (Å²) in [5.41, 5.74) is 1.46. The number of non-ortho nitro benzene ring substituents is 1. The van der Waals surface area contributed by atoms with Gasteiger partial charge in [0.1, 0.15) is 0 Å². The van der Waals surface area contributed by atoms with E-state index in [0.29, 0.717) is 5.56 Å². The summed E-state index contributed by atoms with van der Waals surface area (Å²) >= 11 is 0. The monoisotopic (exact) mass is 385 g/mol. The Hall–Kier alpha value is -3.26. The lowest BCUT2D eigenvalue weighted by molar-refractivity contribution is -0.384. The summed E-state index contributed by atoms with van der Waals surface area (Å²) in [7, 11) is 1.21. The van der Waals surface area contributed by atoms with E-state index in [9.17, 15) is 19.7 Å². The maximum atomic E-state index is 12.1. The molecule has 0 amide bonds. The van der Waals surface area contributed by atoms with Gasteiger partial charge in [-0.05, 0) is 23.3 Å². The van der Waals surface area contributed by atoms with Crippen molar-refractivity contribution >= 4 is 17.6 Å². The predicted octanol–water partition coefficient (Wildman–Crippen LogP) is 2.81. The molecule has 0 saturated carbocycles. The molecule has 1 aliphatic heterocycles. The van der Waals surface area contributed by atoms with Crippen molar-refractivity contribution in [2.24, 2.45) is 11.8 Å². The van der Waals surface area contributed by atoms with Gasteiger partial charge in [0.15, 0.2) is 5.92 Å². The summed E-state index contributed by atoms with van der Waals surface area (Å²) in [6, 6.07) is 15.3. The summed E-state index contributed by atoms with van der Waals surface area (Å²) in [4.78, 5) is 34.6. The van der Waals surface area contributed by atoms with Gasteiger partial charge in [-0.1, -0.05) is 30.3 Å². The van der Waals surface area contributed by atoms with Crippen molar-refractivity contribution in [3.63, 3.8) is 0 Å². The fourth-order valence-corrected chi connectivity index (χ4v) is 3.21. The summed E-state index contributed by atoms with van der Waals surface area (Å²) in [5.74, 6) is -3.07. The Bertz CT molecular complexity index is 851. The number of esters is 2. The number of nitro groups is 1. The quantitative estimate of drug-likeness (QED) is 0.312. The average Bonchev–Trinajstić information content (AvgIpc) is 3.10. The molecule has 0 N–H and O–H groups in total. The Morgan fingerprint density at radius 2 is 1.89 bits per heavy atom. The topological polar surface area (TPSA) is 105 Å². The Morgan fingerprint density at radius 3 is 2.50 bits per heavy atom. The summed E-state index contributed by atoms with van der Waals surface area (Å²) in [6.07, 6.45) is -0.684. The van der Waals surface area contributed by atoms with E-state index < -0.39 is 34.8 Å². The zero-order valence-corrected chi connectivity index (χ0v) is 15.1. The number of carbonyl (C=O) groups is 2. The van der Waals surface area contributed by atoms with Gasteiger partial charge in [0.05, 0.1) is 31.4 Å². The number of benzene rings is 2. The molecule has 0 unspecified atom stereocenters. The van der Waals surface area contributed by atoms with Gasteiger partial charge in [-0.3, -0.25) is 19.7 Å². The van der Waals surface area contributed by atoms with Gasteiger partial charge < -0.3 is 14.2 Å². The third-order valence-electron chi connectivity index (χ3n) is 4.65. The van der Waals surface area contributed by atoms with E-state index in [1.807, 2.05) is 30.3 Å². The zero-order valence-electron chi connectivity index (χ0n) is 15.1. The van der Waals surface area contributed by atoms with Gasteiger partial charge >= 0.3 is 11.9 Å². The molecule has 0 aromatic heterocycles. The summed E-state index contributed by atoms with van der Waals surface area (Å²) in [5, 5.41) is 10.9. The fraction of sp³-hybridized carbons (Fsp3) is 0.300. The molecular weight excluding hydrogens is 366 g/mol. The van der Waals surface area contributed by atoms with Gasteiger partial charge in [-0.15, -0.1) is 0 Å². The van der Waals surface area contributed by atoms with Crippen molar-refractivity contribution in [2.75, 3.05) is 13.7 Å². The molecule has 28 heavy (non-hydrogen) atoms. The van der Waals surface area contributed by atoms with Gasteiger partial charge in [0.2, 0.25) is 0 Å². The maximum absolute atomic E-state index is 12.1. The lowest BCUT2D eigenvalue weighted by atomic mass is 9.86. The highest BCUT2D eigenvalue weighted by molar-refractivity contribution is 5.96. The highest BCUT2D eigenvalue weighted by atomic mass is 16.6. The largest absolute Gasteiger partial charge is 0.468 e. The molecule has 3 atom stereocenters. The minimum Gasteiger partial charge on any atom is -0.468 e. The van der Waals surface area contributed by atoms with Crippen molar-refractivity contribution in [2.45, 2.75) is 12.7 Å². The van der Waals surface area contributed by atoms with E-state index in [1.165, 1.54) is 19.2 Å². The van der Waals surface area contributed by atoms with E-state index in [2.05, 4.69) is 0 Å². The first-order valence-electron chi connectivity index (χ1n) is 8.65. The number of nitrogens with zero attached hydrogens (tertiary/aromatic N) is 1. The number of nitro benzene ring substituents is 1. The first kappa shape index (κ1) is 19.5. The van der Waals surface area contributed by atoms with E-state index in [-0.39, 0.29) is 18.9 Å². The van der Waals surface area contributed by atoms with Crippen LogP contribution in [0.1, 0.15) is 17.2 Å². The minimum atomic E-state index is -1.11. The summed E-state index contributed by atoms with van der Waals surface area (Å²) in [6.45, 7) is 0.232. The van der Waals surface area contributed by atoms with Crippen LogP contribution in [0, 0.1) is 22.0 Å². The number of methoxy groups -OCH3 is 1. The molecule has 1 fully saturated rings. The number of carbonyl (C=O) groups excluding carboxylic acids is 2. The van der Waals surface area contributed by atoms with Crippen molar-refractivity contribution in [1.82, 2.24) is 0 Å². The molecular formula is C20H19NO7. The molecule has 0 radical (unpaired) electrons. The van der Waals surface area contributed by atoms with E-state index in [0.717, 1.165) is 5.56 Å². The normalized spacial score (nSPS) is 19.7. The van der Waals surface area contributed by atoms with Crippen LogP contribution in [0.2, 0.25) is 0 Å². The number of ether oxygens (including phenoxy) is 3. The van der Waals surface area contributed by atoms with E-state index >= 15 is 0 Å². The third-order valence-corrected chi connectivity index (χ3v) is 4.65. The maximum Gasteiger partial charge on any atom is 0.320 e. The van der Waals surface area contributed by atoms with E-state index in [4.69, 9.17) is 14.2 Å². The third kappa shape index (κ3) is 4.17. The molecule has 0 aliphatic carbocycles. The highest BCUT2D eigenvalue weighted by Crippen LogP contribution is 2.38. The SMILES string of the molecule is COC(=O)[C@H]1C(=O)OC[C@@H]1[C@@H](OCc1ccccc1)c1ccc([N+](=O)[O-])cc1. The molecule has 1 aliphatic rings. The number of rotatable bonds is 7. The lowest BCUT2D eigenvalue weighted by Crippen LogP contribution is -2.31. The average molecular weight is 385 g/mol. The molecule has 1 heterocycles. The molecule has 3 rings (SSSR count). The fourth-order valence-electron chi connectivity index (χ4n) is 3.21. The van der Waals surface area contributed by atoms with Crippen LogP contribution >= 0.6 is 0 Å². The van der Waals surface area contributed by atoms with Gasteiger partial charge in [-0.2, -0.15) is 0 Å². The van der Waals surface area contributed by atoms with Crippen LogP contribution in [0.15, 0.2) is 54.6 Å². The van der Waals surface area contributed by atoms with Crippen LogP contribution in [0.3, 0.4) is 0 Å². The predicted molar refractivity (Wildman–Crippen MR) is 97.0 cm³/mol.